The summed E-state index contributed by atoms with van der Waals surface area (Å²) in [6.45, 7) is 3.63. The van der Waals surface area contributed by atoms with Crippen LogP contribution in [-0.2, 0) is 0 Å². The third kappa shape index (κ3) is 5.86. The molecule has 0 saturated carbocycles. The lowest BCUT2D eigenvalue weighted by Crippen LogP contribution is -1.78. The standard InChI is InChI=1S/C8H13ClO/c1-2-3-4-5-8(9)6-7-10/h2,6,10H,1,3-5,7H2/b8-6-. The fourth-order valence-electron chi connectivity index (χ4n) is 0.616. The molecule has 0 aliphatic heterocycles. The van der Waals surface area contributed by atoms with Crippen molar-refractivity contribution in [2.75, 3.05) is 6.61 Å². The molecule has 0 aliphatic carbocycles. The fraction of sp³-hybridized carbons (Fsp3) is 0.500. The van der Waals surface area contributed by atoms with Crippen LogP contribution in [0, 0.1) is 0 Å². The van der Waals surface area contributed by atoms with Gasteiger partial charge in [0.1, 0.15) is 0 Å². The highest BCUT2D eigenvalue weighted by atomic mass is 35.5. The molecule has 0 amide bonds. The molecular weight excluding hydrogens is 148 g/mol. The van der Waals surface area contributed by atoms with Gasteiger partial charge in [0.2, 0.25) is 0 Å². The monoisotopic (exact) mass is 160 g/mol. The second-order valence-electron chi connectivity index (χ2n) is 2.01. The Labute approximate surface area is 67.0 Å². The average molecular weight is 161 g/mol. The van der Waals surface area contributed by atoms with Crippen LogP contribution in [0.4, 0.5) is 0 Å². The van der Waals surface area contributed by atoms with Crippen molar-refractivity contribution in [3.63, 3.8) is 0 Å². The maximum atomic E-state index is 8.41. The lowest BCUT2D eigenvalue weighted by Gasteiger charge is -1.94. The number of halogens is 1. The molecule has 0 aromatic carbocycles. The van der Waals surface area contributed by atoms with Gasteiger partial charge in [0, 0.05) is 5.03 Å². The number of unbranched alkanes of at least 4 members (excludes halogenated alkanes) is 1. The van der Waals surface area contributed by atoms with E-state index in [1.807, 2.05) is 6.08 Å². The maximum absolute atomic E-state index is 8.41. The Hall–Kier alpha value is -0.270. The predicted octanol–water partition coefficient (Wildman–Crippen LogP) is 2.46. The van der Waals surface area contributed by atoms with Crippen molar-refractivity contribution in [1.82, 2.24) is 0 Å². The zero-order chi connectivity index (χ0) is 7.82. The Bertz CT molecular complexity index is 118. The van der Waals surface area contributed by atoms with E-state index >= 15 is 0 Å². The lowest BCUT2D eigenvalue weighted by molar-refractivity contribution is 0.342. The maximum Gasteiger partial charge on any atom is 0.0626 e. The molecule has 0 aromatic rings. The topological polar surface area (TPSA) is 20.2 Å². The minimum absolute atomic E-state index is 0.0346. The van der Waals surface area contributed by atoms with Crippen LogP contribution in [0.25, 0.3) is 0 Å². The molecule has 0 aliphatic rings. The summed E-state index contributed by atoms with van der Waals surface area (Å²) >= 11 is 5.68. The van der Waals surface area contributed by atoms with Crippen LogP contribution < -0.4 is 0 Å². The van der Waals surface area contributed by atoms with Crippen LogP contribution >= 0.6 is 11.6 Å². The zero-order valence-corrected chi connectivity index (χ0v) is 6.77. The number of aliphatic hydroxyl groups excluding tert-OH is 1. The van der Waals surface area contributed by atoms with Crippen LogP contribution in [-0.4, -0.2) is 11.7 Å². The zero-order valence-electron chi connectivity index (χ0n) is 6.02. The predicted molar refractivity (Wildman–Crippen MR) is 45.1 cm³/mol. The number of rotatable bonds is 5. The number of allylic oxidation sites excluding steroid dienone is 2. The highest BCUT2D eigenvalue weighted by Crippen LogP contribution is 2.10. The minimum Gasteiger partial charge on any atom is -0.392 e. The first-order valence-corrected chi connectivity index (χ1v) is 3.75. The average Bonchev–Trinajstić information content (AvgIpc) is 1.89. The van der Waals surface area contributed by atoms with E-state index in [1.165, 1.54) is 0 Å². The fourth-order valence-corrected chi connectivity index (χ4v) is 0.819. The van der Waals surface area contributed by atoms with Crippen LogP contribution in [0.15, 0.2) is 23.8 Å². The van der Waals surface area contributed by atoms with Gasteiger partial charge in [0.25, 0.3) is 0 Å². The van der Waals surface area contributed by atoms with E-state index in [9.17, 15) is 0 Å². The van der Waals surface area contributed by atoms with Gasteiger partial charge in [0.15, 0.2) is 0 Å². The van der Waals surface area contributed by atoms with Crippen LogP contribution in [0.3, 0.4) is 0 Å². The van der Waals surface area contributed by atoms with Crippen molar-refractivity contribution < 1.29 is 5.11 Å². The smallest absolute Gasteiger partial charge is 0.0626 e. The summed E-state index contributed by atoms with van der Waals surface area (Å²) in [6.07, 6.45) is 6.32. The van der Waals surface area contributed by atoms with Crippen molar-refractivity contribution in [1.29, 1.82) is 0 Å². The molecule has 0 unspecified atom stereocenters. The number of hydrogen-bond acceptors (Lipinski definition) is 1. The van der Waals surface area contributed by atoms with Crippen LogP contribution in [0.5, 0.6) is 0 Å². The third-order valence-electron chi connectivity index (χ3n) is 1.14. The molecule has 1 N–H and O–H groups in total. The van der Waals surface area contributed by atoms with Gasteiger partial charge in [-0.2, -0.15) is 0 Å². The minimum atomic E-state index is 0.0346. The molecule has 0 fully saturated rings. The summed E-state index contributed by atoms with van der Waals surface area (Å²) < 4.78 is 0. The quantitative estimate of drug-likeness (QED) is 0.484. The molecule has 0 aromatic heterocycles. The van der Waals surface area contributed by atoms with E-state index < -0.39 is 0 Å². The molecule has 0 rings (SSSR count). The van der Waals surface area contributed by atoms with Crippen molar-refractivity contribution in [2.45, 2.75) is 19.3 Å². The Morgan fingerprint density at radius 2 is 2.30 bits per heavy atom. The summed E-state index contributed by atoms with van der Waals surface area (Å²) in [7, 11) is 0. The first-order chi connectivity index (χ1) is 4.81. The molecular formula is C8H13ClO. The Kier molecular flexibility index (Phi) is 6.66. The van der Waals surface area contributed by atoms with Gasteiger partial charge >= 0.3 is 0 Å². The highest BCUT2D eigenvalue weighted by Gasteiger charge is 1.89. The Balaban J connectivity index is 3.29. The van der Waals surface area contributed by atoms with E-state index in [4.69, 9.17) is 16.7 Å². The normalized spacial score (nSPS) is 11.6. The van der Waals surface area contributed by atoms with Crippen molar-refractivity contribution in [3.05, 3.63) is 23.8 Å². The Morgan fingerprint density at radius 3 is 2.80 bits per heavy atom. The van der Waals surface area contributed by atoms with E-state index in [1.54, 1.807) is 6.08 Å². The van der Waals surface area contributed by atoms with E-state index in [2.05, 4.69) is 6.58 Å². The molecule has 2 heteroatoms. The molecule has 0 radical (unpaired) electrons. The Morgan fingerprint density at radius 1 is 1.60 bits per heavy atom. The van der Waals surface area contributed by atoms with Gasteiger partial charge in [-0.15, -0.1) is 6.58 Å². The number of hydrogen-bond donors (Lipinski definition) is 1. The van der Waals surface area contributed by atoms with Crippen molar-refractivity contribution in [2.24, 2.45) is 0 Å². The second kappa shape index (κ2) is 6.84. The van der Waals surface area contributed by atoms with Gasteiger partial charge in [-0.1, -0.05) is 17.7 Å². The van der Waals surface area contributed by atoms with Gasteiger partial charge < -0.3 is 5.11 Å². The van der Waals surface area contributed by atoms with E-state index in [0.29, 0.717) is 0 Å². The molecule has 0 bridgehead atoms. The number of aliphatic hydroxyl groups is 1. The van der Waals surface area contributed by atoms with Gasteiger partial charge in [-0.05, 0) is 25.3 Å². The van der Waals surface area contributed by atoms with Crippen molar-refractivity contribution >= 4 is 11.6 Å². The molecule has 0 saturated heterocycles. The highest BCUT2D eigenvalue weighted by molar-refractivity contribution is 6.29. The third-order valence-corrected chi connectivity index (χ3v) is 1.48. The summed E-state index contributed by atoms with van der Waals surface area (Å²) in [5.41, 5.74) is 0. The summed E-state index contributed by atoms with van der Waals surface area (Å²) in [6, 6.07) is 0. The lowest BCUT2D eigenvalue weighted by atomic mass is 10.2. The van der Waals surface area contributed by atoms with Crippen LogP contribution in [0.1, 0.15) is 19.3 Å². The summed E-state index contributed by atoms with van der Waals surface area (Å²) in [4.78, 5) is 0. The molecule has 0 spiro atoms. The SMILES string of the molecule is C=CCCC/C(Cl)=C/CO. The summed E-state index contributed by atoms with van der Waals surface area (Å²) in [5.74, 6) is 0. The molecule has 0 atom stereocenters. The molecule has 10 heavy (non-hydrogen) atoms. The first-order valence-electron chi connectivity index (χ1n) is 3.37. The van der Waals surface area contributed by atoms with Crippen LogP contribution in [0.2, 0.25) is 0 Å². The molecule has 1 nitrogen and oxygen atoms in total. The van der Waals surface area contributed by atoms with E-state index in [0.717, 1.165) is 24.3 Å². The second-order valence-corrected chi connectivity index (χ2v) is 2.50. The summed E-state index contributed by atoms with van der Waals surface area (Å²) in [5, 5.41) is 9.15. The van der Waals surface area contributed by atoms with Gasteiger partial charge in [-0.3, -0.25) is 0 Å². The molecule has 58 valence electrons. The van der Waals surface area contributed by atoms with Crippen molar-refractivity contribution in [3.8, 4) is 0 Å². The first kappa shape index (κ1) is 9.73. The van der Waals surface area contributed by atoms with E-state index in [-0.39, 0.29) is 6.61 Å². The van der Waals surface area contributed by atoms with Gasteiger partial charge in [-0.25, -0.2) is 0 Å². The largest absolute Gasteiger partial charge is 0.392 e. The van der Waals surface area contributed by atoms with Gasteiger partial charge in [0.05, 0.1) is 6.61 Å². The molecule has 0 heterocycles.